The molecule has 2 aromatic rings. The molecule has 0 bridgehead atoms. The van der Waals surface area contributed by atoms with Gasteiger partial charge in [0.05, 0.1) is 6.61 Å². The van der Waals surface area contributed by atoms with E-state index in [2.05, 4.69) is 0 Å². The Hall–Kier alpha value is -1.42. The van der Waals surface area contributed by atoms with Crippen molar-refractivity contribution >= 4 is 23.2 Å². The molecule has 5 heteroatoms. The largest absolute Gasteiger partial charge is 0.487 e. The molecule has 3 rings (SSSR count). The van der Waals surface area contributed by atoms with Gasteiger partial charge in [0.15, 0.2) is 11.5 Å². The Balaban J connectivity index is 1.77. The van der Waals surface area contributed by atoms with Gasteiger partial charge in [-0.3, -0.25) is 0 Å². The summed E-state index contributed by atoms with van der Waals surface area (Å²) >= 11 is 11.8. The summed E-state index contributed by atoms with van der Waals surface area (Å²) in [7, 11) is 0. The van der Waals surface area contributed by atoms with Gasteiger partial charge in [0.1, 0.15) is 18.5 Å². The molecule has 2 aromatic carbocycles. The Morgan fingerprint density at radius 2 is 1.70 bits per heavy atom. The third-order valence-corrected chi connectivity index (χ3v) is 3.26. The van der Waals surface area contributed by atoms with Crippen LogP contribution in [0.15, 0.2) is 42.5 Å². The zero-order valence-electron chi connectivity index (χ0n) is 10.5. The van der Waals surface area contributed by atoms with Gasteiger partial charge in [-0.25, -0.2) is 0 Å². The van der Waals surface area contributed by atoms with Crippen molar-refractivity contribution in [2.24, 2.45) is 0 Å². The lowest BCUT2D eigenvalue weighted by Crippen LogP contribution is -2.05. The maximum atomic E-state index is 5.99. The minimum absolute atomic E-state index is 0.178. The molecule has 1 saturated heterocycles. The summed E-state index contributed by atoms with van der Waals surface area (Å²) in [6.45, 7) is 1.24. The van der Waals surface area contributed by atoms with Gasteiger partial charge in [-0.1, -0.05) is 23.2 Å². The number of hydrogen-bond acceptors (Lipinski definition) is 3. The summed E-state index contributed by atoms with van der Waals surface area (Å²) in [5.74, 6) is 1.89. The van der Waals surface area contributed by atoms with Crippen molar-refractivity contribution in [3.8, 4) is 17.2 Å². The van der Waals surface area contributed by atoms with Crippen LogP contribution in [-0.4, -0.2) is 19.3 Å². The molecule has 1 fully saturated rings. The van der Waals surface area contributed by atoms with Crippen molar-refractivity contribution < 1.29 is 14.2 Å². The smallest absolute Gasteiger partial charge is 0.169 e. The Morgan fingerprint density at radius 1 is 1.00 bits per heavy atom. The standard InChI is InChI=1S/C15H12Cl2O3/c16-10-1-4-12(5-2-10)20-14-6-3-11(17)7-15(14)19-9-13-8-18-13/h1-7,13H,8-9H2. The highest BCUT2D eigenvalue weighted by Gasteiger charge is 2.23. The van der Waals surface area contributed by atoms with Crippen LogP contribution in [0.2, 0.25) is 10.0 Å². The monoisotopic (exact) mass is 310 g/mol. The van der Waals surface area contributed by atoms with E-state index in [1.807, 2.05) is 0 Å². The Kier molecular flexibility index (Phi) is 4.01. The zero-order valence-corrected chi connectivity index (χ0v) is 12.0. The molecule has 0 N–H and O–H groups in total. The van der Waals surface area contributed by atoms with Crippen LogP contribution in [0.3, 0.4) is 0 Å². The summed E-state index contributed by atoms with van der Waals surface area (Å²) in [4.78, 5) is 0. The fourth-order valence-electron chi connectivity index (χ4n) is 1.66. The first-order valence-corrected chi connectivity index (χ1v) is 6.94. The lowest BCUT2D eigenvalue weighted by molar-refractivity contribution is 0.255. The lowest BCUT2D eigenvalue weighted by atomic mass is 10.3. The van der Waals surface area contributed by atoms with Crippen LogP contribution < -0.4 is 9.47 Å². The summed E-state index contributed by atoms with van der Waals surface area (Å²) in [6, 6.07) is 12.4. The van der Waals surface area contributed by atoms with E-state index in [1.165, 1.54) is 0 Å². The fourth-order valence-corrected chi connectivity index (χ4v) is 1.94. The summed E-state index contributed by atoms with van der Waals surface area (Å²) in [6.07, 6.45) is 0.178. The molecule has 0 spiro atoms. The second-order valence-corrected chi connectivity index (χ2v) is 5.29. The molecule has 0 aromatic heterocycles. The third kappa shape index (κ3) is 3.57. The van der Waals surface area contributed by atoms with Crippen molar-refractivity contribution in [1.82, 2.24) is 0 Å². The van der Waals surface area contributed by atoms with Gasteiger partial charge in [-0.15, -0.1) is 0 Å². The second kappa shape index (κ2) is 5.92. The molecule has 0 radical (unpaired) electrons. The van der Waals surface area contributed by atoms with Gasteiger partial charge in [-0.05, 0) is 36.4 Å². The van der Waals surface area contributed by atoms with Crippen molar-refractivity contribution in [3.63, 3.8) is 0 Å². The van der Waals surface area contributed by atoms with Crippen LogP contribution in [0.5, 0.6) is 17.2 Å². The van der Waals surface area contributed by atoms with Crippen molar-refractivity contribution in [2.45, 2.75) is 6.10 Å². The van der Waals surface area contributed by atoms with Gasteiger partial charge < -0.3 is 14.2 Å². The molecule has 1 aliphatic heterocycles. The molecule has 0 aliphatic carbocycles. The number of ether oxygens (including phenoxy) is 3. The van der Waals surface area contributed by atoms with E-state index < -0.39 is 0 Å². The molecular weight excluding hydrogens is 299 g/mol. The molecule has 20 heavy (non-hydrogen) atoms. The Bertz CT molecular complexity index is 595. The first-order valence-electron chi connectivity index (χ1n) is 6.18. The maximum Gasteiger partial charge on any atom is 0.169 e. The van der Waals surface area contributed by atoms with Crippen LogP contribution >= 0.6 is 23.2 Å². The average molecular weight is 311 g/mol. The molecular formula is C15H12Cl2O3. The van der Waals surface area contributed by atoms with E-state index >= 15 is 0 Å². The number of halogens is 2. The predicted octanol–water partition coefficient (Wildman–Crippen LogP) is 4.56. The third-order valence-electron chi connectivity index (χ3n) is 2.77. The molecule has 0 saturated carbocycles. The maximum absolute atomic E-state index is 5.99. The predicted molar refractivity (Wildman–Crippen MR) is 78.2 cm³/mol. The van der Waals surface area contributed by atoms with Gasteiger partial charge in [-0.2, -0.15) is 0 Å². The van der Waals surface area contributed by atoms with E-state index in [9.17, 15) is 0 Å². The van der Waals surface area contributed by atoms with Gasteiger partial charge in [0.25, 0.3) is 0 Å². The minimum atomic E-state index is 0.178. The number of benzene rings is 2. The lowest BCUT2D eigenvalue weighted by Gasteiger charge is -2.12. The highest BCUT2D eigenvalue weighted by Crippen LogP contribution is 2.34. The molecule has 104 valence electrons. The molecule has 1 atom stereocenters. The number of hydrogen-bond donors (Lipinski definition) is 0. The van der Waals surface area contributed by atoms with Gasteiger partial charge in [0.2, 0.25) is 0 Å². The summed E-state index contributed by atoms with van der Waals surface area (Å²) in [5.41, 5.74) is 0. The van der Waals surface area contributed by atoms with E-state index in [4.69, 9.17) is 37.4 Å². The van der Waals surface area contributed by atoms with Gasteiger partial charge in [0, 0.05) is 16.1 Å². The highest BCUT2D eigenvalue weighted by molar-refractivity contribution is 6.31. The first kappa shape index (κ1) is 13.6. The SMILES string of the molecule is Clc1ccc(Oc2ccc(Cl)cc2OCC2CO2)cc1. The zero-order chi connectivity index (χ0) is 13.9. The second-order valence-electron chi connectivity index (χ2n) is 4.41. The molecule has 1 heterocycles. The van der Waals surface area contributed by atoms with Crippen LogP contribution in [0.25, 0.3) is 0 Å². The fraction of sp³-hybridized carbons (Fsp3) is 0.200. The van der Waals surface area contributed by atoms with Crippen LogP contribution in [0.4, 0.5) is 0 Å². The average Bonchev–Trinajstić information content (AvgIpc) is 3.25. The van der Waals surface area contributed by atoms with Crippen LogP contribution in [0.1, 0.15) is 0 Å². The number of epoxide rings is 1. The normalized spacial score (nSPS) is 16.8. The Labute approximate surface area is 127 Å². The quantitative estimate of drug-likeness (QED) is 0.758. The molecule has 0 amide bonds. The summed E-state index contributed by atoms with van der Waals surface area (Å²) < 4.78 is 16.6. The van der Waals surface area contributed by atoms with Gasteiger partial charge >= 0.3 is 0 Å². The van der Waals surface area contributed by atoms with E-state index in [-0.39, 0.29) is 6.10 Å². The van der Waals surface area contributed by atoms with E-state index in [0.717, 1.165) is 6.61 Å². The first-order chi connectivity index (χ1) is 9.70. The van der Waals surface area contributed by atoms with Crippen LogP contribution in [0, 0.1) is 0 Å². The van der Waals surface area contributed by atoms with E-state index in [1.54, 1.807) is 42.5 Å². The highest BCUT2D eigenvalue weighted by atomic mass is 35.5. The van der Waals surface area contributed by atoms with Crippen molar-refractivity contribution in [2.75, 3.05) is 13.2 Å². The molecule has 3 nitrogen and oxygen atoms in total. The van der Waals surface area contributed by atoms with Crippen molar-refractivity contribution in [1.29, 1.82) is 0 Å². The minimum Gasteiger partial charge on any atom is -0.487 e. The van der Waals surface area contributed by atoms with E-state index in [0.29, 0.717) is 33.9 Å². The number of rotatable bonds is 5. The van der Waals surface area contributed by atoms with Crippen LogP contribution in [-0.2, 0) is 4.74 Å². The van der Waals surface area contributed by atoms with Crippen molar-refractivity contribution in [3.05, 3.63) is 52.5 Å². The molecule has 1 unspecified atom stereocenters. The topological polar surface area (TPSA) is 31.0 Å². The Morgan fingerprint density at radius 3 is 2.40 bits per heavy atom. The summed E-state index contributed by atoms with van der Waals surface area (Å²) in [5, 5.41) is 1.26. The molecule has 1 aliphatic rings.